The predicted octanol–water partition coefficient (Wildman–Crippen LogP) is 2.72. The van der Waals surface area contributed by atoms with E-state index < -0.39 is 0 Å². The van der Waals surface area contributed by atoms with Gasteiger partial charge in [0.15, 0.2) is 0 Å². The van der Waals surface area contributed by atoms with E-state index in [0.29, 0.717) is 5.92 Å². The van der Waals surface area contributed by atoms with Crippen molar-refractivity contribution in [3.63, 3.8) is 0 Å². The standard InChI is InChI=1S/C15H20ClN3O/c1-19(2)13-5-3-4-10(14(13)16)9-6-7-11-12(8-9)18-15(20)17-11/h3-5,9,11-12H,6-8H2,1-2H3,(H2,17,18,20). The van der Waals surface area contributed by atoms with Crippen molar-refractivity contribution in [1.82, 2.24) is 10.6 Å². The zero-order chi connectivity index (χ0) is 14.3. The zero-order valence-corrected chi connectivity index (χ0v) is 12.6. The summed E-state index contributed by atoms with van der Waals surface area (Å²) in [5.41, 5.74) is 2.26. The molecule has 20 heavy (non-hydrogen) atoms. The number of fused-ring (bicyclic) bond motifs is 1. The summed E-state index contributed by atoms with van der Waals surface area (Å²) in [6, 6.07) is 6.71. The van der Waals surface area contributed by atoms with Gasteiger partial charge in [-0.05, 0) is 36.8 Å². The molecule has 1 aliphatic heterocycles. The van der Waals surface area contributed by atoms with Crippen molar-refractivity contribution in [3.8, 4) is 0 Å². The van der Waals surface area contributed by atoms with Crippen LogP contribution in [0.2, 0.25) is 5.02 Å². The largest absolute Gasteiger partial charge is 0.376 e. The van der Waals surface area contributed by atoms with Gasteiger partial charge in [0.05, 0.1) is 22.8 Å². The summed E-state index contributed by atoms with van der Waals surface area (Å²) in [5, 5.41) is 6.84. The first kappa shape index (κ1) is 13.6. The van der Waals surface area contributed by atoms with Gasteiger partial charge in [-0.15, -0.1) is 0 Å². The van der Waals surface area contributed by atoms with Gasteiger partial charge in [-0.3, -0.25) is 0 Å². The number of carbonyl (C=O) groups excluding carboxylic acids is 1. The molecule has 1 heterocycles. The van der Waals surface area contributed by atoms with Gasteiger partial charge in [0.25, 0.3) is 0 Å². The third-order valence-electron chi connectivity index (χ3n) is 4.41. The minimum atomic E-state index is -0.0335. The minimum absolute atomic E-state index is 0.0335. The fourth-order valence-corrected chi connectivity index (χ4v) is 3.81. The lowest BCUT2D eigenvalue weighted by molar-refractivity contribution is 0.247. The molecule has 1 saturated carbocycles. The topological polar surface area (TPSA) is 44.4 Å². The van der Waals surface area contributed by atoms with Gasteiger partial charge in [0, 0.05) is 14.1 Å². The molecular formula is C15H20ClN3O. The highest BCUT2D eigenvalue weighted by Gasteiger charge is 2.38. The molecule has 1 aromatic rings. The number of halogens is 1. The highest BCUT2D eigenvalue weighted by molar-refractivity contribution is 6.34. The van der Waals surface area contributed by atoms with Gasteiger partial charge in [-0.2, -0.15) is 0 Å². The smallest absolute Gasteiger partial charge is 0.315 e. The fraction of sp³-hybridized carbons (Fsp3) is 0.533. The van der Waals surface area contributed by atoms with Crippen LogP contribution >= 0.6 is 11.6 Å². The molecule has 108 valence electrons. The maximum atomic E-state index is 11.4. The van der Waals surface area contributed by atoms with E-state index in [2.05, 4.69) is 22.8 Å². The summed E-state index contributed by atoms with van der Waals surface area (Å²) in [4.78, 5) is 13.4. The second-order valence-electron chi connectivity index (χ2n) is 5.92. The third kappa shape index (κ3) is 2.33. The van der Waals surface area contributed by atoms with Gasteiger partial charge >= 0.3 is 6.03 Å². The van der Waals surface area contributed by atoms with Crippen LogP contribution in [0.1, 0.15) is 30.7 Å². The Morgan fingerprint density at radius 2 is 1.95 bits per heavy atom. The molecule has 0 spiro atoms. The normalized spacial score (nSPS) is 28.6. The number of anilines is 1. The van der Waals surface area contributed by atoms with Crippen LogP contribution in [0.5, 0.6) is 0 Å². The molecule has 5 heteroatoms. The van der Waals surface area contributed by atoms with Gasteiger partial charge in [-0.25, -0.2) is 4.79 Å². The Labute approximate surface area is 124 Å². The molecule has 0 aromatic heterocycles. The van der Waals surface area contributed by atoms with E-state index in [0.717, 1.165) is 30.0 Å². The monoisotopic (exact) mass is 293 g/mol. The third-order valence-corrected chi connectivity index (χ3v) is 4.82. The Morgan fingerprint density at radius 1 is 1.20 bits per heavy atom. The maximum absolute atomic E-state index is 11.4. The quantitative estimate of drug-likeness (QED) is 0.880. The lowest BCUT2D eigenvalue weighted by atomic mass is 9.79. The average Bonchev–Trinajstić information content (AvgIpc) is 2.77. The van der Waals surface area contributed by atoms with Crippen LogP contribution in [0.3, 0.4) is 0 Å². The number of hydrogen-bond acceptors (Lipinski definition) is 2. The first-order valence-electron chi connectivity index (χ1n) is 7.09. The van der Waals surface area contributed by atoms with Crippen LogP contribution in [-0.2, 0) is 0 Å². The van der Waals surface area contributed by atoms with E-state index in [1.165, 1.54) is 5.56 Å². The molecule has 0 radical (unpaired) electrons. The molecular weight excluding hydrogens is 274 g/mol. The van der Waals surface area contributed by atoms with E-state index >= 15 is 0 Å². The van der Waals surface area contributed by atoms with E-state index in [1.807, 2.05) is 25.1 Å². The highest BCUT2D eigenvalue weighted by atomic mass is 35.5. The number of rotatable bonds is 2. The molecule has 1 saturated heterocycles. The van der Waals surface area contributed by atoms with E-state index in [-0.39, 0.29) is 18.1 Å². The first-order valence-corrected chi connectivity index (χ1v) is 7.47. The minimum Gasteiger partial charge on any atom is -0.376 e. The van der Waals surface area contributed by atoms with Crippen molar-refractivity contribution in [2.45, 2.75) is 37.3 Å². The van der Waals surface area contributed by atoms with Crippen LogP contribution in [-0.4, -0.2) is 32.2 Å². The fourth-order valence-electron chi connectivity index (χ4n) is 3.36. The highest BCUT2D eigenvalue weighted by Crippen LogP contribution is 2.40. The molecule has 3 atom stereocenters. The molecule has 4 nitrogen and oxygen atoms in total. The summed E-state index contributed by atoms with van der Waals surface area (Å²) in [6.45, 7) is 0. The van der Waals surface area contributed by atoms with Gasteiger partial charge in [0.2, 0.25) is 0 Å². The Balaban J connectivity index is 1.84. The number of carbonyl (C=O) groups is 1. The number of nitrogens with zero attached hydrogens (tertiary/aromatic N) is 1. The summed E-state index contributed by atoms with van der Waals surface area (Å²) in [7, 11) is 4.01. The molecule has 3 unspecified atom stereocenters. The van der Waals surface area contributed by atoms with E-state index in [9.17, 15) is 4.79 Å². The van der Waals surface area contributed by atoms with Crippen molar-refractivity contribution >= 4 is 23.3 Å². The molecule has 0 bridgehead atoms. The number of hydrogen-bond donors (Lipinski definition) is 2. The number of nitrogens with one attached hydrogen (secondary N) is 2. The SMILES string of the molecule is CN(C)c1cccc(C2CCC3NC(=O)NC3C2)c1Cl. The maximum Gasteiger partial charge on any atom is 0.315 e. The van der Waals surface area contributed by atoms with Crippen LogP contribution in [0.4, 0.5) is 10.5 Å². The van der Waals surface area contributed by atoms with Crippen LogP contribution in [0.15, 0.2) is 18.2 Å². The van der Waals surface area contributed by atoms with Crippen molar-refractivity contribution in [1.29, 1.82) is 0 Å². The van der Waals surface area contributed by atoms with Gasteiger partial charge in [-0.1, -0.05) is 23.7 Å². The molecule has 2 fully saturated rings. The summed E-state index contributed by atoms with van der Waals surface area (Å²) in [5.74, 6) is 0.420. The van der Waals surface area contributed by atoms with E-state index in [4.69, 9.17) is 11.6 Å². The second kappa shape index (κ2) is 5.17. The Bertz CT molecular complexity index is 532. The zero-order valence-electron chi connectivity index (χ0n) is 11.8. The Morgan fingerprint density at radius 3 is 2.70 bits per heavy atom. The van der Waals surface area contributed by atoms with Crippen LogP contribution in [0.25, 0.3) is 0 Å². The molecule has 1 aromatic carbocycles. The second-order valence-corrected chi connectivity index (χ2v) is 6.29. The van der Waals surface area contributed by atoms with Crippen LogP contribution in [0, 0.1) is 0 Å². The Hall–Kier alpha value is -1.42. The van der Waals surface area contributed by atoms with E-state index in [1.54, 1.807) is 0 Å². The van der Waals surface area contributed by atoms with Gasteiger partial charge in [0.1, 0.15) is 0 Å². The molecule has 3 rings (SSSR count). The summed E-state index contributed by atoms with van der Waals surface area (Å²) >= 11 is 6.56. The number of amides is 2. The molecule has 2 N–H and O–H groups in total. The van der Waals surface area contributed by atoms with Crippen molar-refractivity contribution in [2.75, 3.05) is 19.0 Å². The summed E-state index contributed by atoms with van der Waals surface area (Å²) in [6.07, 6.45) is 3.04. The van der Waals surface area contributed by atoms with Gasteiger partial charge < -0.3 is 15.5 Å². The molecule has 2 aliphatic rings. The predicted molar refractivity (Wildman–Crippen MR) is 81.6 cm³/mol. The lowest BCUT2D eigenvalue weighted by Crippen LogP contribution is -2.39. The Kier molecular flexibility index (Phi) is 3.50. The van der Waals surface area contributed by atoms with Crippen molar-refractivity contribution in [2.24, 2.45) is 0 Å². The van der Waals surface area contributed by atoms with Crippen molar-refractivity contribution in [3.05, 3.63) is 28.8 Å². The molecule has 1 aliphatic carbocycles. The number of urea groups is 1. The molecule has 2 amide bonds. The summed E-state index contributed by atoms with van der Waals surface area (Å²) < 4.78 is 0. The van der Waals surface area contributed by atoms with Crippen LogP contribution < -0.4 is 15.5 Å². The van der Waals surface area contributed by atoms with Crippen molar-refractivity contribution < 1.29 is 4.79 Å². The lowest BCUT2D eigenvalue weighted by Gasteiger charge is -2.32. The number of benzene rings is 1. The average molecular weight is 294 g/mol. The first-order chi connectivity index (χ1) is 9.56.